The van der Waals surface area contributed by atoms with Crippen LogP contribution in [0.3, 0.4) is 0 Å². The summed E-state index contributed by atoms with van der Waals surface area (Å²) in [6.45, 7) is 2.90. The highest BCUT2D eigenvalue weighted by atomic mass is 19.1. The van der Waals surface area contributed by atoms with E-state index in [0.717, 1.165) is 11.1 Å². The monoisotopic (exact) mass is 381 g/mol. The summed E-state index contributed by atoms with van der Waals surface area (Å²) in [6.07, 6.45) is 2.37. The van der Waals surface area contributed by atoms with Crippen LogP contribution in [0.4, 0.5) is 4.39 Å². The van der Waals surface area contributed by atoms with Gasteiger partial charge in [-0.3, -0.25) is 14.4 Å². The van der Waals surface area contributed by atoms with Gasteiger partial charge in [0, 0.05) is 18.7 Å². The summed E-state index contributed by atoms with van der Waals surface area (Å²) in [6, 6.07) is 12.0. The van der Waals surface area contributed by atoms with E-state index in [9.17, 15) is 18.8 Å². The van der Waals surface area contributed by atoms with E-state index in [4.69, 9.17) is 4.74 Å². The molecular weight excluding hydrogens is 361 g/mol. The molecule has 0 saturated heterocycles. The predicted octanol–water partition coefficient (Wildman–Crippen LogP) is 3.90. The third-order valence-electron chi connectivity index (χ3n) is 4.64. The lowest BCUT2D eigenvalue weighted by Gasteiger charge is -2.32. The second kappa shape index (κ2) is 8.17. The number of hydrogen-bond donors (Lipinski definition) is 0. The fraction of sp³-hybridized carbons (Fsp3) is 0.227. The topological polar surface area (TPSA) is 63.7 Å². The van der Waals surface area contributed by atoms with Crippen LogP contribution < -0.4 is 0 Å². The van der Waals surface area contributed by atoms with Crippen LogP contribution in [0.15, 0.2) is 54.7 Å². The van der Waals surface area contributed by atoms with Gasteiger partial charge < -0.3 is 9.64 Å². The Labute approximate surface area is 162 Å². The van der Waals surface area contributed by atoms with E-state index in [2.05, 4.69) is 0 Å². The number of rotatable bonds is 5. The lowest BCUT2D eigenvalue weighted by molar-refractivity contribution is -0.148. The van der Waals surface area contributed by atoms with E-state index in [1.807, 2.05) is 30.3 Å². The Kier molecular flexibility index (Phi) is 5.68. The first-order valence-corrected chi connectivity index (χ1v) is 8.92. The number of ketones is 1. The van der Waals surface area contributed by atoms with Gasteiger partial charge in [0.05, 0.1) is 12.5 Å². The number of halogens is 1. The van der Waals surface area contributed by atoms with E-state index in [0.29, 0.717) is 0 Å². The zero-order valence-corrected chi connectivity index (χ0v) is 15.6. The summed E-state index contributed by atoms with van der Waals surface area (Å²) >= 11 is 0. The van der Waals surface area contributed by atoms with Gasteiger partial charge in [0.2, 0.25) is 11.7 Å². The number of amides is 1. The molecule has 0 unspecified atom stereocenters. The summed E-state index contributed by atoms with van der Waals surface area (Å²) in [5.41, 5.74) is 2.03. The predicted molar refractivity (Wildman–Crippen MR) is 102 cm³/mol. The molecule has 0 bridgehead atoms. The van der Waals surface area contributed by atoms with Gasteiger partial charge in [-0.05, 0) is 48.4 Å². The Hall–Kier alpha value is -3.28. The average Bonchev–Trinajstić information content (AvgIpc) is 2.68. The number of esters is 1. The largest absolute Gasteiger partial charge is 0.454 e. The first kappa shape index (κ1) is 19.5. The molecule has 0 saturated carbocycles. The van der Waals surface area contributed by atoms with Crippen LogP contribution in [0.25, 0.3) is 6.08 Å². The number of ether oxygens (including phenoxy) is 1. The molecule has 0 fully saturated rings. The minimum atomic E-state index is -1.02. The number of nitrogens with zero attached hydrogens (tertiary/aromatic N) is 1. The van der Waals surface area contributed by atoms with Crippen molar-refractivity contribution in [3.8, 4) is 0 Å². The van der Waals surface area contributed by atoms with Gasteiger partial charge in [-0.1, -0.05) is 24.3 Å². The van der Waals surface area contributed by atoms with Gasteiger partial charge >= 0.3 is 5.97 Å². The molecule has 2 atom stereocenters. The normalized spacial score (nSPS) is 16.2. The molecule has 1 heterocycles. The number of carbonyl (C=O) groups is 3. The van der Waals surface area contributed by atoms with E-state index in [-0.39, 0.29) is 17.9 Å². The summed E-state index contributed by atoms with van der Waals surface area (Å²) in [5, 5.41) is 0. The average molecular weight is 381 g/mol. The molecule has 0 aliphatic carbocycles. The van der Waals surface area contributed by atoms with Gasteiger partial charge in [0.1, 0.15) is 5.82 Å². The van der Waals surface area contributed by atoms with Crippen molar-refractivity contribution in [3.05, 3.63) is 77.2 Å². The second-order valence-electron chi connectivity index (χ2n) is 6.59. The van der Waals surface area contributed by atoms with Gasteiger partial charge in [0.25, 0.3) is 0 Å². The molecule has 0 aromatic heterocycles. The fourth-order valence-corrected chi connectivity index (χ4v) is 3.22. The van der Waals surface area contributed by atoms with Gasteiger partial charge in [-0.15, -0.1) is 0 Å². The molecule has 6 heteroatoms. The highest BCUT2D eigenvalue weighted by Crippen LogP contribution is 2.33. The number of Topliss-reactive ketones (excluding diaryl/α,β-unsaturated/α-hetero) is 1. The van der Waals surface area contributed by atoms with E-state index in [1.165, 1.54) is 43.0 Å². The molecule has 28 heavy (non-hydrogen) atoms. The lowest BCUT2D eigenvalue weighted by Crippen LogP contribution is -2.33. The van der Waals surface area contributed by atoms with E-state index in [1.54, 1.807) is 6.20 Å². The summed E-state index contributed by atoms with van der Waals surface area (Å²) < 4.78 is 18.3. The van der Waals surface area contributed by atoms with Crippen LogP contribution in [0.1, 0.15) is 47.8 Å². The molecule has 0 radical (unpaired) electrons. The van der Waals surface area contributed by atoms with Crippen LogP contribution >= 0.6 is 0 Å². The highest BCUT2D eigenvalue weighted by Gasteiger charge is 2.30. The SMILES string of the molecule is CC(=O)N1C=Cc2ccccc2[C@H]1CC(=O)O[C@@H](C)C(=O)c1ccc(F)cc1. The second-order valence-corrected chi connectivity index (χ2v) is 6.59. The van der Waals surface area contributed by atoms with Crippen LogP contribution in [-0.2, 0) is 14.3 Å². The maximum atomic E-state index is 13.0. The Morgan fingerprint density at radius 2 is 1.79 bits per heavy atom. The van der Waals surface area contributed by atoms with Crippen LogP contribution in [-0.4, -0.2) is 28.7 Å². The highest BCUT2D eigenvalue weighted by molar-refractivity contribution is 6.00. The van der Waals surface area contributed by atoms with Gasteiger partial charge in [-0.25, -0.2) is 4.39 Å². The number of carbonyl (C=O) groups excluding carboxylic acids is 3. The van der Waals surface area contributed by atoms with Crippen molar-refractivity contribution < 1.29 is 23.5 Å². The molecule has 3 rings (SSSR count). The Balaban J connectivity index is 1.72. The number of fused-ring (bicyclic) bond motifs is 1. The molecule has 5 nitrogen and oxygen atoms in total. The maximum Gasteiger partial charge on any atom is 0.308 e. The maximum absolute atomic E-state index is 13.0. The Bertz CT molecular complexity index is 936. The zero-order chi connectivity index (χ0) is 20.3. The van der Waals surface area contributed by atoms with Crippen molar-refractivity contribution in [1.29, 1.82) is 0 Å². The molecule has 1 aliphatic rings. The van der Waals surface area contributed by atoms with Crippen molar-refractivity contribution in [2.24, 2.45) is 0 Å². The third kappa shape index (κ3) is 4.17. The van der Waals surface area contributed by atoms with Crippen molar-refractivity contribution >= 4 is 23.7 Å². The minimum Gasteiger partial charge on any atom is -0.454 e. The number of benzene rings is 2. The van der Waals surface area contributed by atoms with E-state index >= 15 is 0 Å². The first-order valence-electron chi connectivity index (χ1n) is 8.92. The van der Waals surface area contributed by atoms with Crippen molar-refractivity contribution in [1.82, 2.24) is 4.90 Å². The Morgan fingerprint density at radius 3 is 2.46 bits per heavy atom. The summed E-state index contributed by atoms with van der Waals surface area (Å²) in [4.78, 5) is 38.3. The molecular formula is C22H20FNO4. The van der Waals surface area contributed by atoms with Crippen molar-refractivity contribution in [2.75, 3.05) is 0 Å². The zero-order valence-electron chi connectivity index (χ0n) is 15.6. The van der Waals surface area contributed by atoms with Crippen LogP contribution in [0, 0.1) is 5.82 Å². The molecule has 2 aromatic rings. The van der Waals surface area contributed by atoms with Crippen LogP contribution in [0.2, 0.25) is 0 Å². The van der Waals surface area contributed by atoms with Gasteiger partial charge in [-0.2, -0.15) is 0 Å². The lowest BCUT2D eigenvalue weighted by atomic mass is 9.94. The fourth-order valence-electron chi connectivity index (χ4n) is 3.22. The van der Waals surface area contributed by atoms with Crippen LogP contribution in [0.5, 0.6) is 0 Å². The molecule has 0 spiro atoms. The Morgan fingerprint density at radius 1 is 1.11 bits per heavy atom. The molecule has 1 aliphatic heterocycles. The summed E-state index contributed by atoms with van der Waals surface area (Å²) in [7, 11) is 0. The number of hydrogen-bond acceptors (Lipinski definition) is 4. The molecule has 1 amide bonds. The van der Waals surface area contributed by atoms with E-state index < -0.39 is 29.7 Å². The minimum absolute atomic E-state index is 0.0814. The molecule has 2 aromatic carbocycles. The molecule has 144 valence electrons. The van der Waals surface area contributed by atoms with Gasteiger partial charge in [0.15, 0.2) is 6.10 Å². The quantitative estimate of drug-likeness (QED) is 0.582. The molecule has 0 N–H and O–H groups in total. The van der Waals surface area contributed by atoms with Crippen molar-refractivity contribution in [2.45, 2.75) is 32.4 Å². The third-order valence-corrected chi connectivity index (χ3v) is 4.64. The summed E-state index contributed by atoms with van der Waals surface area (Å²) in [5.74, 6) is -1.65. The van der Waals surface area contributed by atoms with Crippen molar-refractivity contribution in [3.63, 3.8) is 0 Å². The first-order chi connectivity index (χ1) is 13.4. The standard InChI is InChI=1S/C22H20FNO4/c1-14(22(27)17-7-9-18(23)10-8-17)28-21(26)13-20-19-6-4-3-5-16(19)11-12-24(20)15(2)25/h3-12,14,20H,13H2,1-2H3/t14-,20+/m0/s1. The smallest absolute Gasteiger partial charge is 0.308 e.